The summed E-state index contributed by atoms with van der Waals surface area (Å²) in [5.41, 5.74) is 1.29. The highest BCUT2D eigenvalue weighted by Gasteiger charge is 2.43. The Morgan fingerprint density at radius 1 is 1.15 bits per heavy atom. The minimum atomic E-state index is -3.63. The lowest BCUT2D eigenvalue weighted by molar-refractivity contribution is 0.0711. The van der Waals surface area contributed by atoms with Gasteiger partial charge in [0.05, 0.1) is 29.2 Å². The van der Waals surface area contributed by atoms with Gasteiger partial charge in [-0.25, -0.2) is 8.70 Å². The number of anilines is 2. The van der Waals surface area contributed by atoms with Crippen molar-refractivity contribution in [3.8, 4) is 0 Å². The zero-order chi connectivity index (χ0) is 19.2. The number of halogens is 1. The van der Waals surface area contributed by atoms with Crippen LogP contribution in [0.2, 0.25) is 0 Å². The van der Waals surface area contributed by atoms with Gasteiger partial charge in [0.15, 0.2) is 5.82 Å². The van der Waals surface area contributed by atoms with Crippen LogP contribution in [0.15, 0.2) is 42.7 Å². The van der Waals surface area contributed by atoms with Crippen LogP contribution in [-0.4, -0.2) is 50.4 Å². The van der Waals surface area contributed by atoms with E-state index in [-0.39, 0.29) is 11.6 Å². The Morgan fingerprint density at radius 3 is 2.48 bits per heavy atom. The van der Waals surface area contributed by atoms with Crippen molar-refractivity contribution in [1.29, 1.82) is 0 Å². The quantitative estimate of drug-likeness (QED) is 0.787. The summed E-state index contributed by atoms with van der Waals surface area (Å²) in [6.45, 7) is 0.729. The second-order valence-corrected chi connectivity index (χ2v) is 8.48. The van der Waals surface area contributed by atoms with E-state index in [4.69, 9.17) is 0 Å². The average molecular weight is 390 g/mol. The number of carbonyl (C=O) groups is 1. The van der Waals surface area contributed by atoms with Gasteiger partial charge in [-0.2, -0.15) is 8.42 Å². The first-order valence-electron chi connectivity index (χ1n) is 8.67. The molecule has 0 radical (unpaired) electrons. The van der Waals surface area contributed by atoms with E-state index in [1.165, 1.54) is 20.9 Å². The number of benzene rings is 1. The molecule has 0 saturated carbocycles. The van der Waals surface area contributed by atoms with E-state index >= 15 is 0 Å². The fourth-order valence-electron chi connectivity index (χ4n) is 3.70. The van der Waals surface area contributed by atoms with E-state index in [0.29, 0.717) is 37.3 Å². The number of aromatic nitrogens is 1. The molecule has 1 saturated heterocycles. The average Bonchev–Trinajstić information content (AvgIpc) is 2.88. The van der Waals surface area contributed by atoms with Gasteiger partial charge in [0.25, 0.3) is 5.91 Å². The van der Waals surface area contributed by atoms with Gasteiger partial charge >= 0.3 is 10.2 Å². The molecule has 0 aliphatic carbocycles. The number of fused-ring (bicyclic) bond motifs is 1. The molecule has 2 aliphatic rings. The summed E-state index contributed by atoms with van der Waals surface area (Å²) in [7, 11) is -2.09. The molecule has 7 nitrogen and oxygen atoms in total. The normalized spacial score (nSPS) is 19.3. The molecule has 9 heteroatoms. The zero-order valence-electron chi connectivity index (χ0n) is 14.7. The topological polar surface area (TPSA) is 73.8 Å². The van der Waals surface area contributed by atoms with Gasteiger partial charge in [-0.1, -0.05) is 12.1 Å². The third-order valence-corrected chi connectivity index (χ3v) is 7.02. The van der Waals surface area contributed by atoms with Crippen LogP contribution in [0.4, 0.5) is 15.8 Å². The minimum absolute atomic E-state index is 0.0117. The Labute approximate surface area is 157 Å². The van der Waals surface area contributed by atoms with E-state index in [2.05, 4.69) is 4.98 Å². The number of rotatable bonds is 2. The second kappa shape index (κ2) is 6.49. The lowest BCUT2D eigenvalue weighted by Crippen LogP contribution is -2.49. The van der Waals surface area contributed by atoms with Crippen molar-refractivity contribution in [3.63, 3.8) is 0 Å². The maximum atomic E-state index is 13.8. The van der Waals surface area contributed by atoms with Crippen LogP contribution in [0.25, 0.3) is 0 Å². The van der Waals surface area contributed by atoms with Gasteiger partial charge in [-0.05, 0) is 31.0 Å². The van der Waals surface area contributed by atoms with E-state index in [0.717, 1.165) is 6.20 Å². The number of nitrogens with zero attached hydrogens (tertiary/aromatic N) is 4. The lowest BCUT2D eigenvalue weighted by atomic mass is 10.0. The SMILES string of the molecule is CN1c2ccccc2N(C2CCN(C(=O)c3ccncc3F)CC2)S1(=O)=O. The molecule has 4 rings (SSSR count). The highest BCUT2D eigenvalue weighted by molar-refractivity contribution is 7.94. The first-order chi connectivity index (χ1) is 12.9. The molecular formula is C18H19FN4O3S. The molecule has 2 aromatic rings. The molecule has 1 aromatic heterocycles. The summed E-state index contributed by atoms with van der Waals surface area (Å²) in [6.07, 6.45) is 3.37. The monoisotopic (exact) mass is 390 g/mol. The number of hydrogen-bond donors (Lipinski definition) is 0. The third-order valence-electron chi connectivity index (χ3n) is 5.14. The maximum Gasteiger partial charge on any atom is 0.326 e. The molecule has 3 heterocycles. The number of hydrogen-bond acceptors (Lipinski definition) is 4. The Hall–Kier alpha value is -2.68. The smallest absolute Gasteiger partial charge is 0.326 e. The van der Waals surface area contributed by atoms with Gasteiger partial charge in [0, 0.05) is 26.3 Å². The van der Waals surface area contributed by atoms with Crippen LogP contribution in [0, 0.1) is 5.82 Å². The van der Waals surface area contributed by atoms with Crippen molar-refractivity contribution in [1.82, 2.24) is 9.88 Å². The van der Waals surface area contributed by atoms with Crippen LogP contribution >= 0.6 is 0 Å². The van der Waals surface area contributed by atoms with Crippen molar-refractivity contribution < 1.29 is 17.6 Å². The standard InChI is InChI=1S/C18H19FN4O3S/c1-21-16-4-2-3-5-17(16)23(27(21,25)26)13-7-10-22(11-8-13)18(24)14-6-9-20-12-15(14)19/h2-6,9,12-13H,7-8,10-11H2,1H3. The zero-order valence-corrected chi connectivity index (χ0v) is 15.6. The summed E-state index contributed by atoms with van der Waals surface area (Å²) >= 11 is 0. The van der Waals surface area contributed by atoms with Crippen molar-refractivity contribution in [3.05, 3.63) is 54.1 Å². The fraction of sp³-hybridized carbons (Fsp3) is 0.333. The number of piperidine rings is 1. The molecule has 0 unspecified atom stereocenters. The van der Waals surface area contributed by atoms with Crippen LogP contribution < -0.4 is 8.61 Å². The first kappa shape index (κ1) is 17.7. The van der Waals surface area contributed by atoms with Crippen molar-refractivity contribution in [2.24, 2.45) is 0 Å². The predicted octanol–water partition coefficient (Wildman–Crippen LogP) is 2.03. The highest BCUT2D eigenvalue weighted by Crippen LogP contribution is 2.42. The summed E-state index contributed by atoms with van der Waals surface area (Å²) in [6, 6.07) is 8.30. The van der Waals surface area contributed by atoms with Crippen LogP contribution in [0.5, 0.6) is 0 Å². The third kappa shape index (κ3) is 2.82. The summed E-state index contributed by atoms with van der Waals surface area (Å²) < 4.78 is 42.3. The fourth-order valence-corrected chi connectivity index (χ4v) is 5.36. The van der Waals surface area contributed by atoms with Crippen LogP contribution in [-0.2, 0) is 10.2 Å². The van der Waals surface area contributed by atoms with Gasteiger partial charge in [0.1, 0.15) is 0 Å². The Kier molecular flexibility index (Phi) is 4.26. The molecule has 0 atom stereocenters. The minimum Gasteiger partial charge on any atom is -0.338 e. The van der Waals surface area contributed by atoms with E-state index in [1.54, 1.807) is 30.1 Å². The van der Waals surface area contributed by atoms with Gasteiger partial charge in [-0.3, -0.25) is 14.1 Å². The highest BCUT2D eigenvalue weighted by atomic mass is 32.2. The molecule has 1 fully saturated rings. The number of carbonyl (C=O) groups excluding carboxylic acids is 1. The van der Waals surface area contributed by atoms with E-state index in [1.807, 2.05) is 6.07 Å². The van der Waals surface area contributed by atoms with Gasteiger partial charge in [0.2, 0.25) is 0 Å². The maximum absolute atomic E-state index is 13.8. The predicted molar refractivity (Wildman–Crippen MR) is 99.4 cm³/mol. The molecule has 1 aromatic carbocycles. The van der Waals surface area contributed by atoms with Crippen molar-refractivity contribution >= 4 is 27.5 Å². The molecule has 1 amide bonds. The van der Waals surface area contributed by atoms with E-state index < -0.39 is 21.9 Å². The molecule has 2 aliphatic heterocycles. The molecule has 27 heavy (non-hydrogen) atoms. The number of para-hydroxylation sites is 2. The largest absolute Gasteiger partial charge is 0.338 e. The van der Waals surface area contributed by atoms with Crippen molar-refractivity contribution in [2.75, 3.05) is 28.7 Å². The second-order valence-electron chi connectivity index (χ2n) is 6.64. The van der Waals surface area contributed by atoms with Crippen LogP contribution in [0.1, 0.15) is 23.2 Å². The molecule has 142 valence electrons. The molecular weight excluding hydrogens is 371 g/mol. The molecule has 0 spiro atoms. The number of amides is 1. The summed E-state index contributed by atoms with van der Waals surface area (Å²) in [4.78, 5) is 17.8. The Balaban J connectivity index is 1.53. The number of pyridine rings is 1. The number of likely N-dealkylation sites (tertiary alicyclic amines) is 1. The van der Waals surface area contributed by atoms with Crippen LogP contribution in [0.3, 0.4) is 0 Å². The van der Waals surface area contributed by atoms with E-state index in [9.17, 15) is 17.6 Å². The summed E-state index contributed by atoms with van der Waals surface area (Å²) in [5.74, 6) is -1.04. The molecule has 0 bridgehead atoms. The lowest BCUT2D eigenvalue weighted by Gasteiger charge is -2.36. The Bertz CT molecular complexity index is 990. The molecule has 0 N–H and O–H groups in total. The first-order valence-corrected chi connectivity index (χ1v) is 10.1. The van der Waals surface area contributed by atoms with Gasteiger partial charge in [-0.15, -0.1) is 0 Å². The summed E-state index contributed by atoms with van der Waals surface area (Å²) in [5, 5.41) is 0. The van der Waals surface area contributed by atoms with Gasteiger partial charge < -0.3 is 4.90 Å². The Morgan fingerprint density at radius 2 is 1.81 bits per heavy atom. The van der Waals surface area contributed by atoms with Crippen molar-refractivity contribution in [2.45, 2.75) is 18.9 Å².